The Kier molecular flexibility index (Phi) is 6.49. The van der Waals surface area contributed by atoms with Crippen LogP contribution in [-0.4, -0.2) is 18.1 Å². The van der Waals surface area contributed by atoms with E-state index in [2.05, 4.69) is 40.7 Å². The Morgan fingerprint density at radius 2 is 1.49 bits per heavy atom. The van der Waals surface area contributed by atoms with Gasteiger partial charge in [-0.05, 0) is 97.3 Å². The third kappa shape index (κ3) is 3.87. The largest absolute Gasteiger partial charge is 0.330 e. The highest BCUT2D eigenvalue weighted by atomic mass is 16.1. The van der Waals surface area contributed by atoms with Crippen molar-refractivity contribution in [3.8, 4) is 6.07 Å². The minimum Gasteiger partial charge on any atom is -0.330 e. The summed E-state index contributed by atoms with van der Waals surface area (Å²) in [6, 6.07) is 2.22. The molecule has 4 aliphatic carbocycles. The lowest BCUT2D eigenvalue weighted by atomic mass is 9.35. The fourth-order valence-corrected chi connectivity index (χ4v) is 9.47. The molecule has 4 heteroatoms. The molecule has 4 rings (SSSR count). The quantitative estimate of drug-likeness (QED) is 0.456. The molecule has 2 N–H and O–H groups in total. The van der Waals surface area contributed by atoms with Gasteiger partial charge < -0.3 is 5.73 Å². The summed E-state index contributed by atoms with van der Waals surface area (Å²) in [6.07, 6.45) is 11.1. The number of nitrogens with zero attached hydrogens (tertiary/aromatic N) is 1. The van der Waals surface area contributed by atoms with Crippen LogP contribution < -0.4 is 5.73 Å². The second-order valence-electron chi connectivity index (χ2n) is 14.7. The summed E-state index contributed by atoms with van der Waals surface area (Å²) >= 11 is 0. The Hall–Kier alpha value is -1.47. The molecule has 3 fully saturated rings. The molecule has 194 valence electrons. The van der Waals surface area contributed by atoms with E-state index in [1.807, 2.05) is 19.9 Å². The lowest BCUT2D eigenvalue weighted by molar-refractivity contribution is -0.190. The number of rotatable bonds is 1. The van der Waals surface area contributed by atoms with Crippen LogP contribution in [0.4, 0.5) is 0 Å². The van der Waals surface area contributed by atoms with Crippen molar-refractivity contribution in [3.63, 3.8) is 0 Å². The van der Waals surface area contributed by atoms with Crippen LogP contribution in [0.15, 0.2) is 11.6 Å². The van der Waals surface area contributed by atoms with Crippen molar-refractivity contribution in [1.29, 1.82) is 5.26 Å². The average Bonchev–Trinajstić information content (AvgIpc) is 2.78. The van der Waals surface area contributed by atoms with Crippen LogP contribution >= 0.6 is 0 Å². The Labute approximate surface area is 213 Å². The molecule has 0 heterocycles. The van der Waals surface area contributed by atoms with E-state index in [9.17, 15) is 14.9 Å². The van der Waals surface area contributed by atoms with Crippen molar-refractivity contribution < 1.29 is 9.59 Å². The zero-order chi connectivity index (χ0) is 26.0. The number of nitriles is 1. The summed E-state index contributed by atoms with van der Waals surface area (Å²) < 4.78 is 0. The highest BCUT2D eigenvalue weighted by molar-refractivity contribution is 6.04. The van der Waals surface area contributed by atoms with Gasteiger partial charge >= 0.3 is 0 Å². The predicted octanol–water partition coefficient (Wildman–Crippen LogP) is 6.63. The molecule has 7 atom stereocenters. The van der Waals surface area contributed by atoms with Gasteiger partial charge in [0.1, 0.15) is 11.9 Å². The zero-order valence-corrected chi connectivity index (χ0v) is 23.3. The van der Waals surface area contributed by atoms with Gasteiger partial charge in [-0.3, -0.25) is 9.59 Å². The molecule has 0 radical (unpaired) electrons. The molecule has 0 aliphatic heterocycles. The summed E-state index contributed by atoms with van der Waals surface area (Å²) in [5, 5.41) is 9.86. The number of fused-ring (bicyclic) bond motifs is 5. The average molecular weight is 481 g/mol. The molecular weight excluding hydrogens is 432 g/mol. The van der Waals surface area contributed by atoms with Crippen LogP contribution in [0.2, 0.25) is 0 Å². The van der Waals surface area contributed by atoms with E-state index in [-0.39, 0.29) is 45.2 Å². The molecule has 4 aliphatic rings. The first-order valence-corrected chi connectivity index (χ1v) is 14.1. The third-order valence-electron chi connectivity index (χ3n) is 12.1. The van der Waals surface area contributed by atoms with Crippen molar-refractivity contribution in [2.24, 2.45) is 56.5 Å². The van der Waals surface area contributed by atoms with Crippen LogP contribution in [0, 0.1) is 62.1 Å². The van der Waals surface area contributed by atoms with Crippen LogP contribution in [0.25, 0.3) is 0 Å². The molecule has 0 spiro atoms. The maximum absolute atomic E-state index is 14.1. The molecule has 0 saturated heterocycles. The van der Waals surface area contributed by atoms with Gasteiger partial charge in [0.15, 0.2) is 5.78 Å². The maximum atomic E-state index is 14.1. The number of ketones is 2. The molecule has 0 amide bonds. The van der Waals surface area contributed by atoms with E-state index in [0.717, 1.165) is 45.1 Å². The number of hydrogen-bond donors (Lipinski definition) is 1. The topological polar surface area (TPSA) is 84.0 Å². The Balaban J connectivity index is 1.83. The monoisotopic (exact) mass is 480 g/mol. The van der Waals surface area contributed by atoms with E-state index >= 15 is 0 Å². The van der Waals surface area contributed by atoms with Crippen molar-refractivity contribution in [2.75, 3.05) is 6.54 Å². The van der Waals surface area contributed by atoms with E-state index in [4.69, 9.17) is 5.73 Å². The van der Waals surface area contributed by atoms with Gasteiger partial charge in [-0.15, -0.1) is 0 Å². The normalized spacial score (nSPS) is 45.3. The number of allylic oxidation sites excluding steroid dienone is 2. The van der Waals surface area contributed by atoms with Gasteiger partial charge in [-0.2, -0.15) is 5.26 Å². The van der Waals surface area contributed by atoms with Crippen LogP contribution in [-0.2, 0) is 9.59 Å². The smallest absolute Gasteiger partial charge is 0.178 e. The lowest BCUT2D eigenvalue weighted by Crippen LogP contribution is -2.65. The first-order chi connectivity index (χ1) is 16.2. The van der Waals surface area contributed by atoms with E-state index in [0.29, 0.717) is 23.7 Å². The highest BCUT2D eigenvalue weighted by Crippen LogP contribution is 2.72. The van der Waals surface area contributed by atoms with Crippen molar-refractivity contribution in [1.82, 2.24) is 0 Å². The Bertz CT molecular complexity index is 971. The van der Waals surface area contributed by atoms with E-state index in [1.165, 1.54) is 12.8 Å². The molecule has 35 heavy (non-hydrogen) atoms. The molecule has 0 aromatic rings. The Morgan fingerprint density at radius 1 is 0.886 bits per heavy atom. The molecular formula is C31H48N2O2. The second kappa shape index (κ2) is 8.54. The predicted molar refractivity (Wildman–Crippen MR) is 140 cm³/mol. The standard InChI is InChI=1S/C31H48N2O2/c1-27(2)12-8-20(18-32)9-14-30(6)22(10-13-27)23(34)16-25-29(5)17-21(19-33)26(35)28(3,4)24(29)11-15-31(25,30)7/h17,20,22,24-25H,8-16,18,32H2,1-7H3/t20-,22?,24?,25+,29-,30+,31+/m0/s1. The number of hydrogen-bond acceptors (Lipinski definition) is 4. The SMILES string of the molecule is CC1(C)CCC2C(=O)C[C@@H]3[C@@]4(C)C=C(C#N)C(=O)C(C)(C)C4CC[C@@]3(C)[C@]2(C)CC[C@@H](CN)CC1. The van der Waals surface area contributed by atoms with Crippen LogP contribution in [0.1, 0.15) is 106 Å². The summed E-state index contributed by atoms with van der Waals surface area (Å²) in [5.74, 6) is 1.28. The first-order valence-electron chi connectivity index (χ1n) is 14.1. The minimum absolute atomic E-state index is 0.0210. The van der Waals surface area contributed by atoms with Gasteiger partial charge in [0, 0.05) is 17.8 Å². The Morgan fingerprint density at radius 3 is 2.11 bits per heavy atom. The van der Waals surface area contributed by atoms with Crippen LogP contribution in [0.5, 0.6) is 0 Å². The maximum Gasteiger partial charge on any atom is 0.178 e. The lowest BCUT2D eigenvalue weighted by Gasteiger charge is -2.68. The van der Waals surface area contributed by atoms with Crippen LogP contribution in [0.3, 0.4) is 0 Å². The third-order valence-corrected chi connectivity index (χ3v) is 12.1. The molecule has 3 saturated carbocycles. The number of Topliss-reactive ketones (excluding diaryl/α,β-unsaturated/α-hetero) is 2. The summed E-state index contributed by atoms with van der Waals surface area (Å²) in [7, 11) is 0. The summed E-state index contributed by atoms with van der Waals surface area (Å²) in [5.41, 5.74) is 5.74. The molecule has 0 aromatic heterocycles. The molecule has 0 bridgehead atoms. The van der Waals surface area contributed by atoms with Gasteiger partial charge in [0.2, 0.25) is 0 Å². The number of carbonyl (C=O) groups is 2. The minimum atomic E-state index is -0.582. The molecule has 2 unspecified atom stereocenters. The van der Waals surface area contributed by atoms with Crippen molar-refractivity contribution >= 4 is 11.6 Å². The first kappa shape index (κ1) is 26.6. The van der Waals surface area contributed by atoms with Gasteiger partial charge in [0.05, 0.1) is 5.57 Å². The highest BCUT2D eigenvalue weighted by Gasteiger charge is 2.68. The summed E-state index contributed by atoms with van der Waals surface area (Å²) in [6.45, 7) is 16.6. The van der Waals surface area contributed by atoms with E-state index < -0.39 is 5.41 Å². The zero-order valence-electron chi connectivity index (χ0n) is 23.3. The van der Waals surface area contributed by atoms with Crippen molar-refractivity contribution in [3.05, 3.63) is 11.6 Å². The van der Waals surface area contributed by atoms with Crippen molar-refractivity contribution in [2.45, 2.75) is 106 Å². The van der Waals surface area contributed by atoms with Gasteiger partial charge in [-0.25, -0.2) is 0 Å². The number of nitrogens with two attached hydrogens (primary N) is 1. The fourth-order valence-electron chi connectivity index (χ4n) is 9.47. The summed E-state index contributed by atoms with van der Waals surface area (Å²) in [4.78, 5) is 27.3. The molecule has 4 nitrogen and oxygen atoms in total. The molecule has 0 aromatic carbocycles. The van der Waals surface area contributed by atoms with Gasteiger partial charge in [-0.1, -0.05) is 54.5 Å². The van der Waals surface area contributed by atoms with E-state index in [1.54, 1.807) is 0 Å². The second-order valence-corrected chi connectivity index (χ2v) is 14.7. The fraction of sp³-hybridized carbons (Fsp3) is 0.839. The van der Waals surface area contributed by atoms with Gasteiger partial charge in [0.25, 0.3) is 0 Å². The number of carbonyl (C=O) groups excluding carboxylic acids is 2.